The normalized spacial score (nSPS) is 20.0. The summed E-state index contributed by atoms with van der Waals surface area (Å²) in [6.45, 7) is 6.13. The summed E-state index contributed by atoms with van der Waals surface area (Å²) in [6, 6.07) is 0. The molecule has 3 rings (SSSR count). The van der Waals surface area contributed by atoms with Gasteiger partial charge in [-0.15, -0.1) is 0 Å². The van der Waals surface area contributed by atoms with Gasteiger partial charge in [0.1, 0.15) is 12.2 Å². The van der Waals surface area contributed by atoms with Crippen LogP contribution in [0.25, 0.3) is 0 Å². The van der Waals surface area contributed by atoms with Gasteiger partial charge in [0.15, 0.2) is 5.78 Å². The fourth-order valence-electron chi connectivity index (χ4n) is 3.29. The summed E-state index contributed by atoms with van der Waals surface area (Å²) in [5.74, 6) is -1.15. The number of hydrogen-bond acceptors (Lipinski definition) is 7. The van der Waals surface area contributed by atoms with E-state index >= 15 is 0 Å². The van der Waals surface area contributed by atoms with Crippen molar-refractivity contribution in [1.29, 1.82) is 0 Å². The predicted octanol–water partition coefficient (Wildman–Crippen LogP) is 1.51. The molecule has 1 N–H and O–H groups in total. The topological polar surface area (TPSA) is 111 Å². The van der Waals surface area contributed by atoms with Crippen molar-refractivity contribution >= 4 is 26.7 Å². The Morgan fingerprint density at radius 1 is 1.46 bits per heavy atom. The Morgan fingerprint density at radius 2 is 2.19 bits per heavy atom. The van der Waals surface area contributed by atoms with Gasteiger partial charge in [-0.05, 0) is 31.1 Å². The van der Waals surface area contributed by atoms with Gasteiger partial charge in [-0.3, -0.25) is 4.79 Å². The van der Waals surface area contributed by atoms with Crippen molar-refractivity contribution in [2.45, 2.75) is 33.7 Å². The highest BCUT2D eigenvalue weighted by molar-refractivity contribution is 7.73. The molecule has 2 heterocycles. The van der Waals surface area contributed by atoms with Crippen molar-refractivity contribution in [3.63, 3.8) is 0 Å². The highest BCUT2D eigenvalue weighted by Gasteiger charge is 2.33. The van der Waals surface area contributed by atoms with Crippen LogP contribution >= 0.6 is 0 Å². The fraction of sp³-hybridized carbons (Fsp3) is 0.412. The van der Waals surface area contributed by atoms with E-state index < -0.39 is 22.0 Å². The van der Waals surface area contributed by atoms with Crippen molar-refractivity contribution in [2.75, 3.05) is 6.61 Å². The number of ketones is 1. The second-order valence-electron chi connectivity index (χ2n) is 6.10. The summed E-state index contributed by atoms with van der Waals surface area (Å²) in [7, 11) is -2.49. The average Bonchev–Trinajstić information content (AvgIpc) is 3.24. The molecule has 0 aromatic carbocycles. The molecule has 1 aromatic heterocycles. The zero-order valence-electron chi connectivity index (χ0n) is 14.7. The maximum Gasteiger partial charge on any atom is 0.220 e. The first kappa shape index (κ1) is 18.1. The van der Waals surface area contributed by atoms with Crippen LogP contribution in [0.5, 0.6) is 5.88 Å². The largest absolute Gasteiger partial charge is 0.493 e. The molecule has 2 aliphatic rings. The number of aromatic hydroxyl groups is 1. The molecule has 0 saturated carbocycles. The van der Waals surface area contributed by atoms with Crippen LogP contribution in [-0.4, -0.2) is 46.3 Å². The Kier molecular flexibility index (Phi) is 4.82. The van der Waals surface area contributed by atoms with Gasteiger partial charge >= 0.3 is 0 Å². The van der Waals surface area contributed by atoms with Crippen LogP contribution in [0.1, 0.15) is 37.6 Å². The number of aryl methyl sites for hydroxylation is 1. The molecule has 0 spiro atoms. The number of carbonyl (C=O) groups is 1. The molecule has 9 heteroatoms. The number of carbonyl (C=O) groups excluding carboxylic acids is 1. The molecule has 1 atom stereocenters. The molecule has 0 saturated heterocycles. The van der Waals surface area contributed by atoms with Gasteiger partial charge in [0, 0.05) is 24.5 Å². The molecule has 0 radical (unpaired) electrons. The molecule has 0 fully saturated rings. The van der Waals surface area contributed by atoms with Crippen LogP contribution in [0, 0.1) is 5.92 Å². The molecule has 138 valence electrons. The first-order valence-electron chi connectivity index (χ1n) is 8.24. The highest BCUT2D eigenvalue weighted by Crippen LogP contribution is 2.34. The van der Waals surface area contributed by atoms with E-state index in [0.717, 1.165) is 0 Å². The lowest BCUT2D eigenvalue weighted by Gasteiger charge is -2.24. The Morgan fingerprint density at radius 3 is 2.73 bits per heavy atom. The van der Waals surface area contributed by atoms with Gasteiger partial charge in [0.05, 0.1) is 16.8 Å². The van der Waals surface area contributed by atoms with Crippen LogP contribution in [0.3, 0.4) is 0 Å². The zero-order chi connectivity index (χ0) is 19.0. The van der Waals surface area contributed by atoms with Crippen molar-refractivity contribution < 1.29 is 23.2 Å². The Bertz CT molecular complexity index is 1000. The fourth-order valence-corrected chi connectivity index (χ4v) is 3.91. The van der Waals surface area contributed by atoms with Crippen LogP contribution in [-0.2, 0) is 21.7 Å². The molecule has 1 aliphatic carbocycles. The van der Waals surface area contributed by atoms with Crippen LogP contribution < -0.4 is 0 Å². The van der Waals surface area contributed by atoms with Crippen molar-refractivity contribution in [3.05, 3.63) is 34.6 Å². The monoisotopic (exact) mass is 377 g/mol. The second kappa shape index (κ2) is 6.91. The Balaban J connectivity index is 2.17. The first-order chi connectivity index (χ1) is 12.4. The van der Waals surface area contributed by atoms with E-state index in [0.29, 0.717) is 36.4 Å². The number of oxime groups is 1. The lowest BCUT2D eigenvalue weighted by atomic mass is 9.79. The molecule has 26 heavy (non-hydrogen) atoms. The summed E-state index contributed by atoms with van der Waals surface area (Å²) in [4.78, 5) is 18.1. The third-order valence-electron chi connectivity index (χ3n) is 4.66. The lowest BCUT2D eigenvalue weighted by Crippen LogP contribution is -2.26. The third-order valence-corrected chi connectivity index (χ3v) is 5.52. The number of aromatic nitrogens is 2. The number of rotatable bonds is 4. The second-order valence-corrected chi connectivity index (χ2v) is 7.04. The minimum absolute atomic E-state index is 0.0343. The molecule has 0 amide bonds. The summed E-state index contributed by atoms with van der Waals surface area (Å²) >= 11 is 0. The number of nitrogens with zero attached hydrogens (tertiary/aromatic N) is 3. The van der Waals surface area contributed by atoms with Crippen molar-refractivity contribution in [1.82, 2.24) is 9.78 Å². The maximum atomic E-state index is 13.0. The minimum Gasteiger partial charge on any atom is -0.493 e. The Hall–Kier alpha value is -2.68. The lowest BCUT2D eigenvalue weighted by molar-refractivity contribution is 0.103. The van der Waals surface area contributed by atoms with E-state index in [1.807, 2.05) is 0 Å². The van der Waals surface area contributed by atoms with Gasteiger partial charge in [0.25, 0.3) is 0 Å². The molecule has 1 unspecified atom stereocenters. The molecule has 0 bridgehead atoms. The van der Waals surface area contributed by atoms with Gasteiger partial charge in [-0.1, -0.05) is 12.1 Å². The van der Waals surface area contributed by atoms with E-state index in [9.17, 15) is 18.3 Å². The predicted molar refractivity (Wildman–Crippen MR) is 95.8 cm³/mol. The van der Waals surface area contributed by atoms with Gasteiger partial charge in [-0.2, -0.15) is 13.5 Å². The number of allylic oxidation sites excluding steroid dienone is 4. The summed E-state index contributed by atoms with van der Waals surface area (Å²) in [5, 5.41) is 18.2. The molecule has 1 aromatic rings. The summed E-state index contributed by atoms with van der Waals surface area (Å²) < 4.78 is 24.7. The standard InChI is InChI=1S/C17H19N3O5S/c1-4-20-17(22)12(8-18-20)16(21)11-7-14(26(23)24)10(3)15(9(11)2)13-5-6-25-19-13/h7-8,10,22H,4-6H2,1-3H3. The molecule has 8 nitrogen and oxygen atoms in total. The SMILES string of the molecule is CCn1ncc(C(=O)C2=CC(=S(=O)=O)C(C)C(C3=NOCC3)=C2C)c1O. The average molecular weight is 377 g/mol. The van der Waals surface area contributed by atoms with Gasteiger partial charge < -0.3 is 9.94 Å². The first-order valence-corrected chi connectivity index (χ1v) is 9.31. The Labute approximate surface area is 152 Å². The van der Waals surface area contributed by atoms with Crippen molar-refractivity contribution in [3.8, 4) is 5.88 Å². The smallest absolute Gasteiger partial charge is 0.220 e. The summed E-state index contributed by atoms with van der Waals surface area (Å²) in [6.07, 6.45) is 3.21. The minimum atomic E-state index is -2.49. The highest BCUT2D eigenvalue weighted by atomic mass is 32.2. The zero-order valence-corrected chi connectivity index (χ0v) is 15.5. The maximum absolute atomic E-state index is 13.0. The van der Waals surface area contributed by atoms with Crippen LogP contribution in [0.4, 0.5) is 0 Å². The van der Waals surface area contributed by atoms with E-state index in [-0.39, 0.29) is 21.9 Å². The van der Waals surface area contributed by atoms with Crippen LogP contribution in [0.2, 0.25) is 0 Å². The van der Waals surface area contributed by atoms with E-state index in [2.05, 4.69) is 10.3 Å². The van der Waals surface area contributed by atoms with Gasteiger partial charge in [-0.25, -0.2) is 4.68 Å². The van der Waals surface area contributed by atoms with E-state index in [1.165, 1.54) is 17.0 Å². The van der Waals surface area contributed by atoms with Gasteiger partial charge in [0.2, 0.25) is 16.2 Å². The van der Waals surface area contributed by atoms with Crippen molar-refractivity contribution in [2.24, 2.45) is 11.1 Å². The van der Waals surface area contributed by atoms with E-state index in [1.54, 1.807) is 20.8 Å². The van der Waals surface area contributed by atoms with Crippen LogP contribution in [0.15, 0.2) is 34.1 Å². The summed E-state index contributed by atoms with van der Waals surface area (Å²) in [5.41, 5.74) is 2.19. The number of hydrogen-bond donors (Lipinski definition) is 1. The molecule has 1 aliphatic heterocycles. The number of Topliss-reactive ketones (excluding diaryl/α,β-unsaturated/α-hetero) is 1. The molecular formula is C17H19N3O5S. The molecular weight excluding hydrogens is 358 g/mol. The third kappa shape index (κ3) is 2.88. The van der Waals surface area contributed by atoms with E-state index in [4.69, 9.17) is 4.84 Å². The quantitative estimate of drug-likeness (QED) is 0.629.